The molecule has 1 atom stereocenters. The number of ether oxygens (including phenoxy) is 1. The Labute approximate surface area is 84.5 Å². The summed E-state index contributed by atoms with van der Waals surface area (Å²) < 4.78 is 5.32. The zero-order chi connectivity index (χ0) is 9.80. The molecule has 1 saturated heterocycles. The zero-order valence-corrected chi connectivity index (χ0v) is 8.48. The molecule has 0 radical (unpaired) electrons. The van der Waals surface area contributed by atoms with Crippen LogP contribution in [-0.2, 0) is 4.74 Å². The highest BCUT2D eigenvalue weighted by molar-refractivity contribution is 5.89. The van der Waals surface area contributed by atoms with E-state index in [1.807, 2.05) is 0 Å². The second kappa shape index (κ2) is 4.75. The van der Waals surface area contributed by atoms with Crippen LogP contribution in [0.3, 0.4) is 0 Å². The smallest absolute Gasteiger partial charge is 0.0742 e. The molecule has 0 aromatic carbocycles. The van der Waals surface area contributed by atoms with Crippen LogP contribution < -0.4 is 0 Å². The van der Waals surface area contributed by atoms with Crippen molar-refractivity contribution in [3.8, 4) is 0 Å². The van der Waals surface area contributed by atoms with Gasteiger partial charge in [0.15, 0.2) is 0 Å². The number of nitrogens with zero attached hydrogens (tertiary/aromatic N) is 2. The maximum atomic E-state index is 8.92. The van der Waals surface area contributed by atoms with Gasteiger partial charge in [-0.1, -0.05) is 11.6 Å². The zero-order valence-electron chi connectivity index (χ0n) is 8.48. The van der Waals surface area contributed by atoms with Crippen LogP contribution >= 0.6 is 0 Å². The predicted molar refractivity (Wildman–Crippen MR) is 53.9 cm³/mol. The molecule has 1 heterocycles. The molecular weight excluding hydrogens is 180 g/mol. The van der Waals surface area contributed by atoms with Crippen LogP contribution in [0.25, 0.3) is 0 Å². The van der Waals surface area contributed by atoms with E-state index in [0.29, 0.717) is 6.04 Å². The summed E-state index contributed by atoms with van der Waals surface area (Å²) >= 11 is 0. The van der Waals surface area contributed by atoms with Crippen molar-refractivity contribution < 1.29 is 9.94 Å². The molecule has 1 aliphatic heterocycles. The van der Waals surface area contributed by atoms with Crippen LogP contribution in [-0.4, -0.2) is 48.2 Å². The summed E-state index contributed by atoms with van der Waals surface area (Å²) in [5.74, 6) is 0. The van der Waals surface area contributed by atoms with Gasteiger partial charge in [-0.25, -0.2) is 0 Å². The third-order valence-electron chi connectivity index (χ3n) is 3.16. The minimum Gasteiger partial charge on any atom is -0.411 e. The van der Waals surface area contributed by atoms with Gasteiger partial charge in [0.05, 0.1) is 25.0 Å². The second-order valence-electron chi connectivity index (χ2n) is 4.00. The van der Waals surface area contributed by atoms with Crippen LogP contribution in [0.4, 0.5) is 0 Å². The van der Waals surface area contributed by atoms with E-state index in [9.17, 15) is 0 Å². The van der Waals surface area contributed by atoms with Crippen molar-refractivity contribution in [3.63, 3.8) is 0 Å². The number of rotatable bonds is 1. The van der Waals surface area contributed by atoms with E-state index in [2.05, 4.69) is 10.1 Å². The lowest BCUT2D eigenvalue weighted by atomic mass is 9.92. The third-order valence-corrected chi connectivity index (χ3v) is 3.16. The molecule has 80 valence electrons. The van der Waals surface area contributed by atoms with Crippen LogP contribution in [0, 0.1) is 0 Å². The Morgan fingerprint density at radius 1 is 1.29 bits per heavy atom. The summed E-state index contributed by atoms with van der Waals surface area (Å²) in [6, 6.07) is 0.373. The molecule has 0 aromatic heterocycles. The fourth-order valence-corrected chi connectivity index (χ4v) is 2.38. The Hall–Kier alpha value is -0.610. The first-order chi connectivity index (χ1) is 6.92. The minimum absolute atomic E-state index is 0.373. The molecule has 4 heteroatoms. The molecule has 1 saturated carbocycles. The summed E-state index contributed by atoms with van der Waals surface area (Å²) in [6.45, 7) is 3.58. The minimum atomic E-state index is 0.373. The number of oxime groups is 1. The van der Waals surface area contributed by atoms with E-state index in [-0.39, 0.29) is 0 Å². The Kier molecular flexibility index (Phi) is 3.37. The van der Waals surface area contributed by atoms with Crippen LogP contribution in [0.2, 0.25) is 0 Å². The topological polar surface area (TPSA) is 45.1 Å². The van der Waals surface area contributed by atoms with Crippen LogP contribution in [0.15, 0.2) is 5.16 Å². The molecule has 0 amide bonds. The molecule has 14 heavy (non-hydrogen) atoms. The first-order valence-corrected chi connectivity index (χ1v) is 5.44. The molecule has 2 rings (SSSR count). The van der Waals surface area contributed by atoms with Gasteiger partial charge in [-0.05, 0) is 19.3 Å². The Morgan fingerprint density at radius 2 is 2.07 bits per heavy atom. The van der Waals surface area contributed by atoms with Crippen molar-refractivity contribution >= 4 is 5.71 Å². The summed E-state index contributed by atoms with van der Waals surface area (Å²) in [7, 11) is 0. The van der Waals surface area contributed by atoms with Crippen LogP contribution in [0.1, 0.15) is 25.7 Å². The van der Waals surface area contributed by atoms with Crippen molar-refractivity contribution in [2.45, 2.75) is 31.7 Å². The number of hydrogen-bond acceptors (Lipinski definition) is 4. The molecule has 0 aromatic rings. The van der Waals surface area contributed by atoms with Crippen molar-refractivity contribution in [2.24, 2.45) is 5.16 Å². The molecule has 1 N–H and O–H groups in total. The Morgan fingerprint density at radius 3 is 2.79 bits per heavy atom. The monoisotopic (exact) mass is 198 g/mol. The number of hydrogen-bond donors (Lipinski definition) is 1. The molecule has 0 bridgehead atoms. The summed E-state index contributed by atoms with van der Waals surface area (Å²) in [6.07, 6.45) is 4.51. The van der Waals surface area contributed by atoms with Gasteiger partial charge in [0.2, 0.25) is 0 Å². The van der Waals surface area contributed by atoms with E-state index < -0.39 is 0 Å². The average molecular weight is 198 g/mol. The summed E-state index contributed by atoms with van der Waals surface area (Å²) in [5.41, 5.74) is 0.971. The highest BCUT2D eigenvalue weighted by Crippen LogP contribution is 2.21. The largest absolute Gasteiger partial charge is 0.411 e. The second-order valence-corrected chi connectivity index (χ2v) is 4.00. The van der Waals surface area contributed by atoms with Crippen LogP contribution in [0.5, 0.6) is 0 Å². The molecule has 1 aliphatic carbocycles. The van der Waals surface area contributed by atoms with Gasteiger partial charge in [0.1, 0.15) is 0 Å². The van der Waals surface area contributed by atoms with Gasteiger partial charge in [0, 0.05) is 13.1 Å². The molecule has 1 unspecified atom stereocenters. The Balaban J connectivity index is 1.98. The number of morpholine rings is 1. The lowest BCUT2D eigenvalue weighted by molar-refractivity contribution is 0.0252. The van der Waals surface area contributed by atoms with E-state index in [4.69, 9.17) is 9.94 Å². The first-order valence-electron chi connectivity index (χ1n) is 5.44. The standard InChI is InChI=1S/C10H18N2O2/c13-11-9-3-1-2-4-10(9)12-5-7-14-8-6-12/h10,13H,1-8H2/b11-9+. The first kappa shape index (κ1) is 9.93. The van der Waals surface area contributed by atoms with E-state index >= 15 is 0 Å². The van der Waals surface area contributed by atoms with Crippen molar-refractivity contribution in [3.05, 3.63) is 0 Å². The molecule has 2 aliphatic rings. The van der Waals surface area contributed by atoms with Gasteiger partial charge in [-0.15, -0.1) is 0 Å². The summed E-state index contributed by atoms with van der Waals surface area (Å²) in [4.78, 5) is 2.39. The van der Waals surface area contributed by atoms with Crippen molar-refractivity contribution in [1.82, 2.24) is 4.90 Å². The normalized spacial score (nSPS) is 33.4. The van der Waals surface area contributed by atoms with Crippen molar-refractivity contribution in [2.75, 3.05) is 26.3 Å². The molecular formula is C10H18N2O2. The maximum absolute atomic E-state index is 8.92. The van der Waals surface area contributed by atoms with E-state index in [1.54, 1.807) is 0 Å². The lowest BCUT2D eigenvalue weighted by Gasteiger charge is -2.36. The highest BCUT2D eigenvalue weighted by Gasteiger charge is 2.27. The van der Waals surface area contributed by atoms with Crippen molar-refractivity contribution in [1.29, 1.82) is 0 Å². The van der Waals surface area contributed by atoms with Gasteiger partial charge in [-0.3, -0.25) is 4.90 Å². The fourth-order valence-electron chi connectivity index (χ4n) is 2.38. The van der Waals surface area contributed by atoms with Gasteiger partial charge >= 0.3 is 0 Å². The van der Waals surface area contributed by atoms with Gasteiger partial charge in [-0.2, -0.15) is 0 Å². The maximum Gasteiger partial charge on any atom is 0.0742 e. The predicted octanol–water partition coefficient (Wildman–Crippen LogP) is 1.09. The average Bonchev–Trinajstić information content (AvgIpc) is 2.30. The highest BCUT2D eigenvalue weighted by atomic mass is 16.5. The Bertz CT molecular complexity index is 212. The van der Waals surface area contributed by atoms with Gasteiger partial charge < -0.3 is 9.94 Å². The third kappa shape index (κ3) is 2.07. The molecule has 0 spiro atoms. The summed E-state index contributed by atoms with van der Waals surface area (Å²) in [5, 5.41) is 12.4. The van der Waals surface area contributed by atoms with E-state index in [0.717, 1.165) is 44.9 Å². The van der Waals surface area contributed by atoms with E-state index in [1.165, 1.54) is 12.8 Å². The fraction of sp³-hybridized carbons (Fsp3) is 0.900. The lowest BCUT2D eigenvalue weighted by Crippen LogP contribution is -2.48. The molecule has 4 nitrogen and oxygen atoms in total. The molecule has 2 fully saturated rings. The van der Waals surface area contributed by atoms with Gasteiger partial charge in [0.25, 0.3) is 0 Å². The quantitative estimate of drug-likeness (QED) is 0.507. The SMILES string of the molecule is O/N=C1\CCCCC1N1CCOCC1.